The van der Waals surface area contributed by atoms with Crippen molar-refractivity contribution in [2.45, 2.75) is 19.6 Å². The van der Waals surface area contributed by atoms with Crippen LogP contribution in [0.25, 0.3) is 0 Å². The average molecular weight is 444 g/mol. The predicted octanol–water partition coefficient (Wildman–Crippen LogP) is 5.04. The van der Waals surface area contributed by atoms with Crippen molar-refractivity contribution in [3.63, 3.8) is 0 Å². The van der Waals surface area contributed by atoms with Gasteiger partial charge in [-0.3, -0.25) is 4.90 Å². The summed E-state index contributed by atoms with van der Waals surface area (Å²) in [7, 11) is 0. The van der Waals surface area contributed by atoms with Crippen molar-refractivity contribution in [3.8, 4) is 5.75 Å². The van der Waals surface area contributed by atoms with Crippen LogP contribution in [0.15, 0.2) is 36.4 Å². The number of nitrogens with one attached hydrogen (secondary N) is 1. The fourth-order valence-electron chi connectivity index (χ4n) is 3.09. The predicted molar refractivity (Wildman–Crippen MR) is 116 cm³/mol. The zero-order chi connectivity index (χ0) is 19.8. The smallest absolute Gasteiger partial charge is 0.124 e. The third-order valence-corrected chi connectivity index (χ3v) is 5.62. The van der Waals surface area contributed by atoms with Gasteiger partial charge in [0.1, 0.15) is 12.4 Å². The third-order valence-electron chi connectivity index (χ3n) is 4.65. The molecule has 2 aromatic carbocycles. The summed E-state index contributed by atoms with van der Waals surface area (Å²) in [6.45, 7) is 6.90. The molecule has 152 valence electrons. The summed E-state index contributed by atoms with van der Waals surface area (Å²) < 4.78 is 11.4. The maximum Gasteiger partial charge on any atom is 0.124 e. The molecule has 0 saturated carbocycles. The molecule has 1 saturated heterocycles. The van der Waals surface area contributed by atoms with E-state index in [4.69, 9.17) is 44.3 Å². The van der Waals surface area contributed by atoms with E-state index >= 15 is 0 Å². The first-order valence-corrected chi connectivity index (χ1v) is 10.6. The first-order chi connectivity index (χ1) is 13.6. The van der Waals surface area contributed by atoms with Gasteiger partial charge in [-0.2, -0.15) is 0 Å². The minimum Gasteiger partial charge on any atom is -0.489 e. The molecule has 0 bridgehead atoms. The topological polar surface area (TPSA) is 33.7 Å². The lowest BCUT2D eigenvalue weighted by Crippen LogP contribution is -2.37. The monoisotopic (exact) mass is 442 g/mol. The van der Waals surface area contributed by atoms with E-state index in [-0.39, 0.29) is 0 Å². The zero-order valence-electron chi connectivity index (χ0n) is 15.7. The van der Waals surface area contributed by atoms with Crippen molar-refractivity contribution in [2.75, 3.05) is 39.4 Å². The molecule has 0 unspecified atom stereocenters. The van der Waals surface area contributed by atoms with Crippen LogP contribution >= 0.6 is 34.8 Å². The molecule has 0 atom stereocenters. The van der Waals surface area contributed by atoms with Crippen LogP contribution in [-0.4, -0.2) is 44.3 Å². The summed E-state index contributed by atoms with van der Waals surface area (Å²) in [6.07, 6.45) is 1.10. The van der Waals surface area contributed by atoms with Crippen molar-refractivity contribution in [1.29, 1.82) is 0 Å². The molecule has 1 fully saturated rings. The minimum absolute atomic E-state index is 0.419. The van der Waals surface area contributed by atoms with Crippen LogP contribution in [0.2, 0.25) is 15.1 Å². The third kappa shape index (κ3) is 6.80. The fourth-order valence-corrected chi connectivity index (χ4v) is 3.61. The van der Waals surface area contributed by atoms with Gasteiger partial charge in [0, 0.05) is 30.2 Å². The molecule has 1 heterocycles. The van der Waals surface area contributed by atoms with Crippen molar-refractivity contribution >= 4 is 34.8 Å². The Morgan fingerprint density at radius 2 is 1.82 bits per heavy atom. The van der Waals surface area contributed by atoms with Crippen LogP contribution in [0.5, 0.6) is 5.75 Å². The molecule has 3 rings (SSSR count). The van der Waals surface area contributed by atoms with Crippen molar-refractivity contribution < 1.29 is 9.47 Å². The molecule has 28 heavy (non-hydrogen) atoms. The second kappa shape index (κ2) is 11.2. The first kappa shape index (κ1) is 21.7. The molecule has 4 nitrogen and oxygen atoms in total. The number of benzene rings is 2. The number of hydrogen-bond acceptors (Lipinski definition) is 4. The van der Waals surface area contributed by atoms with E-state index in [1.54, 1.807) is 6.07 Å². The van der Waals surface area contributed by atoms with Gasteiger partial charge in [-0.05, 0) is 55.4 Å². The summed E-state index contributed by atoms with van der Waals surface area (Å²) in [6, 6.07) is 11.2. The Balaban J connectivity index is 1.48. The minimum atomic E-state index is 0.419. The molecular formula is C21H25Cl3N2O2. The molecule has 1 N–H and O–H groups in total. The van der Waals surface area contributed by atoms with Gasteiger partial charge in [-0.1, -0.05) is 40.9 Å². The standard InChI is InChI=1S/C21H25Cl3N2O2/c22-18-3-5-21(28-15-16-2-4-19(23)20(24)12-16)17(13-18)14-25-6-1-7-26-8-10-27-11-9-26/h2-5,12-13,25H,1,6-11,14-15H2. The number of rotatable bonds is 9. The van der Waals surface area contributed by atoms with Gasteiger partial charge in [0.15, 0.2) is 0 Å². The van der Waals surface area contributed by atoms with Gasteiger partial charge in [0.05, 0.1) is 23.3 Å². The van der Waals surface area contributed by atoms with E-state index < -0.39 is 0 Å². The molecule has 2 aromatic rings. The van der Waals surface area contributed by atoms with Gasteiger partial charge < -0.3 is 14.8 Å². The molecule has 1 aliphatic rings. The lowest BCUT2D eigenvalue weighted by molar-refractivity contribution is 0.0374. The van der Waals surface area contributed by atoms with E-state index in [0.29, 0.717) is 28.2 Å². The Morgan fingerprint density at radius 3 is 2.61 bits per heavy atom. The summed E-state index contributed by atoms with van der Waals surface area (Å²) in [5.74, 6) is 0.816. The van der Waals surface area contributed by atoms with Crippen LogP contribution in [0.4, 0.5) is 0 Å². The number of nitrogens with zero attached hydrogens (tertiary/aromatic N) is 1. The fraction of sp³-hybridized carbons (Fsp3) is 0.429. The highest BCUT2D eigenvalue weighted by atomic mass is 35.5. The van der Waals surface area contributed by atoms with E-state index in [9.17, 15) is 0 Å². The lowest BCUT2D eigenvalue weighted by Gasteiger charge is -2.26. The maximum atomic E-state index is 6.18. The molecular weight excluding hydrogens is 419 g/mol. The highest BCUT2D eigenvalue weighted by molar-refractivity contribution is 6.42. The second-order valence-corrected chi connectivity index (χ2v) is 8.02. The molecule has 0 aliphatic carbocycles. The molecule has 1 aliphatic heterocycles. The van der Waals surface area contributed by atoms with Crippen molar-refractivity contribution in [1.82, 2.24) is 10.2 Å². The second-order valence-electron chi connectivity index (χ2n) is 6.77. The highest BCUT2D eigenvalue weighted by Gasteiger charge is 2.10. The Labute approximate surface area is 181 Å². The SMILES string of the molecule is Clc1ccc(OCc2ccc(Cl)c(Cl)c2)c(CNCCCN2CCOCC2)c1. The molecule has 0 aromatic heterocycles. The number of hydrogen-bond donors (Lipinski definition) is 1. The van der Waals surface area contributed by atoms with Crippen LogP contribution in [0, 0.1) is 0 Å². The Bertz CT molecular complexity index is 767. The molecule has 0 radical (unpaired) electrons. The lowest BCUT2D eigenvalue weighted by atomic mass is 10.2. The van der Waals surface area contributed by atoms with Gasteiger partial charge >= 0.3 is 0 Å². The van der Waals surface area contributed by atoms with Crippen LogP contribution in [0.3, 0.4) is 0 Å². The van der Waals surface area contributed by atoms with Crippen LogP contribution < -0.4 is 10.1 Å². The Kier molecular flexibility index (Phi) is 8.71. The quantitative estimate of drug-likeness (QED) is 0.551. The van der Waals surface area contributed by atoms with Crippen molar-refractivity contribution in [3.05, 3.63) is 62.6 Å². The number of halogens is 3. The van der Waals surface area contributed by atoms with Crippen LogP contribution in [0.1, 0.15) is 17.5 Å². The molecule has 0 amide bonds. The number of morpholine rings is 1. The van der Waals surface area contributed by atoms with Crippen LogP contribution in [-0.2, 0) is 17.9 Å². The van der Waals surface area contributed by atoms with Gasteiger partial charge in [0.25, 0.3) is 0 Å². The highest BCUT2D eigenvalue weighted by Crippen LogP contribution is 2.26. The summed E-state index contributed by atoms with van der Waals surface area (Å²) in [5.41, 5.74) is 2.01. The summed E-state index contributed by atoms with van der Waals surface area (Å²) >= 11 is 18.2. The number of ether oxygens (including phenoxy) is 2. The summed E-state index contributed by atoms with van der Waals surface area (Å²) in [5, 5.41) is 5.26. The van der Waals surface area contributed by atoms with E-state index in [2.05, 4.69) is 10.2 Å². The first-order valence-electron chi connectivity index (χ1n) is 9.48. The largest absolute Gasteiger partial charge is 0.489 e. The Morgan fingerprint density at radius 1 is 1.00 bits per heavy atom. The normalized spacial score (nSPS) is 15.0. The summed E-state index contributed by atoms with van der Waals surface area (Å²) in [4.78, 5) is 2.44. The van der Waals surface area contributed by atoms with Crippen molar-refractivity contribution in [2.24, 2.45) is 0 Å². The molecule has 0 spiro atoms. The zero-order valence-corrected chi connectivity index (χ0v) is 18.0. The van der Waals surface area contributed by atoms with Gasteiger partial charge in [-0.25, -0.2) is 0 Å². The van der Waals surface area contributed by atoms with E-state index in [1.165, 1.54) is 0 Å². The van der Waals surface area contributed by atoms with E-state index in [0.717, 1.165) is 62.7 Å². The average Bonchev–Trinajstić information content (AvgIpc) is 2.70. The molecule has 7 heteroatoms. The van der Waals surface area contributed by atoms with Gasteiger partial charge in [0.2, 0.25) is 0 Å². The van der Waals surface area contributed by atoms with E-state index in [1.807, 2.05) is 30.3 Å². The Hall–Kier alpha value is -1.01. The maximum absolute atomic E-state index is 6.18. The van der Waals surface area contributed by atoms with Gasteiger partial charge in [-0.15, -0.1) is 0 Å².